The van der Waals surface area contributed by atoms with Crippen LogP contribution in [0.4, 0.5) is 0 Å². The zero-order valence-corrected chi connectivity index (χ0v) is 14.9. The van der Waals surface area contributed by atoms with Gasteiger partial charge in [-0.2, -0.15) is 0 Å². The highest BCUT2D eigenvalue weighted by atomic mass is 32.1. The molecule has 3 atom stereocenters. The van der Waals surface area contributed by atoms with Gasteiger partial charge >= 0.3 is 11.9 Å². The number of methoxy groups -OCH3 is 1. The number of ether oxygens (including phenoxy) is 2. The summed E-state index contributed by atoms with van der Waals surface area (Å²) in [6, 6.07) is 7.37. The molecule has 1 heterocycles. The number of thiazole rings is 1. The molecule has 0 fully saturated rings. The molecule has 2 rings (SSSR count). The molecule has 0 bridgehead atoms. The molecule has 142 valence electrons. The zero-order chi connectivity index (χ0) is 19.8. The number of nitrogens with zero attached hydrogens (tertiary/aromatic N) is 4. The Kier molecular flexibility index (Phi) is 7.26. The maximum Gasteiger partial charge on any atom is 0.357 e. The van der Waals surface area contributed by atoms with Gasteiger partial charge in [-0.1, -0.05) is 35.4 Å². The van der Waals surface area contributed by atoms with Crippen molar-refractivity contribution >= 4 is 23.3 Å². The van der Waals surface area contributed by atoms with Crippen LogP contribution in [-0.4, -0.2) is 46.5 Å². The van der Waals surface area contributed by atoms with Crippen molar-refractivity contribution in [3.8, 4) is 0 Å². The van der Waals surface area contributed by atoms with Crippen LogP contribution in [0.15, 0.2) is 40.8 Å². The van der Waals surface area contributed by atoms with Crippen LogP contribution in [0.5, 0.6) is 0 Å². The van der Waals surface area contributed by atoms with Gasteiger partial charge in [0.2, 0.25) is 0 Å². The number of aliphatic hydroxyl groups is 2. The molecular formula is C16H16N4O6S. The fraction of sp³-hybridized carbons (Fsp3) is 0.312. The van der Waals surface area contributed by atoms with E-state index in [0.29, 0.717) is 5.56 Å². The van der Waals surface area contributed by atoms with Crippen LogP contribution in [0.25, 0.3) is 10.4 Å². The Morgan fingerprint density at radius 1 is 1.33 bits per heavy atom. The Labute approximate surface area is 157 Å². The maximum atomic E-state index is 12.0. The zero-order valence-electron chi connectivity index (χ0n) is 14.1. The van der Waals surface area contributed by atoms with Gasteiger partial charge in [-0.05, 0) is 11.1 Å². The van der Waals surface area contributed by atoms with Crippen molar-refractivity contribution in [2.45, 2.75) is 24.9 Å². The van der Waals surface area contributed by atoms with E-state index in [-0.39, 0.29) is 17.3 Å². The highest BCUT2D eigenvalue weighted by molar-refractivity contribution is 7.09. The molecule has 0 saturated heterocycles. The molecule has 1 aromatic carbocycles. The van der Waals surface area contributed by atoms with Crippen LogP contribution < -0.4 is 0 Å². The van der Waals surface area contributed by atoms with Crippen molar-refractivity contribution in [3.63, 3.8) is 0 Å². The number of esters is 2. The smallest absolute Gasteiger partial charge is 0.357 e. The number of benzene rings is 1. The lowest BCUT2D eigenvalue weighted by molar-refractivity contribution is -0.162. The van der Waals surface area contributed by atoms with Crippen molar-refractivity contribution in [1.82, 2.24) is 4.98 Å². The van der Waals surface area contributed by atoms with Crippen LogP contribution in [0, 0.1) is 0 Å². The third kappa shape index (κ3) is 5.25. The number of carbonyl (C=O) groups excluding carboxylic acids is 2. The molecule has 2 aromatic rings. The molecule has 0 amide bonds. The van der Waals surface area contributed by atoms with E-state index in [1.54, 1.807) is 30.3 Å². The Morgan fingerprint density at radius 3 is 2.67 bits per heavy atom. The second-order valence-electron chi connectivity index (χ2n) is 5.24. The first-order valence-electron chi connectivity index (χ1n) is 7.62. The first-order chi connectivity index (χ1) is 13.0. The van der Waals surface area contributed by atoms with Crippen LogP contribution in [0.3, 0.4) is 0 Å². The Balaban J connectivity index is 2.09. The third-order valence-corrected chi connectivity index (χ3v) is 4.37. The molecule has 0 unspecified atom stereocenters. The number of aromatic nitrogens is 1. The standard InChI is InChI=1S/C16H16N4O6S/c1-25-15(23)10-8-27-14(18-10)11(19-20-17)12(21)13(22)16(24)26-7-9-5-3-2-4-6-9/h2-6,8,11-13,21-22H,7H2,1H3/t11-,12-,13-/m0/s1. The molecule has 0 radical (unpaired) electrons. The minimum absolute atomic E-state index is 0.0376. The molecule has 27 heavy (non-hydrogen) atoms. The highest BCUT2D eigenvalue weighted by Crippen LogP contribution is 2.27. The number of hydrogen-bond acceptors (Lipinski definition) is 9. The molecule has 0 saturated carbocycles. The normalized spacial score (nSPS) is 13.7. The molecule has 0 aliphatic carbocycles. The number of azide groups is 1. The Hall–Kier alpha value is -2.98. The molecular weight excluding hydrogens is 376 g/mol. The van der Waals surface area contributed by atoms with E-state index in [0.717, 1.165) is 11.3 Å². The number of hydrogen-bond donors (Lipinski definition) is 2. The first-order valence-corrected chi connectivity index (χ1v) is 8.50. The van der Waals surface area contributed by atoms with Crippen LogP contribution in [0.2, 0.25) is 0 Å². The molecule has 2 N–H and O–H groups in total. The van der Waals surface area contributed by atoms with Crippen molar-refractivity contribution in [2.75, 3.05) is 7.11 Å². The first kappa shape index (κ1) is 20.3. The number of rotatable bonds is 8. The summed E-state index contributed by atoms with van der Waals surface area (Å²) in [7, 11) is 1.17. The number of aliphatic hydroxyl groups excluding tert-OH is 2. The second-order valence-corrected chi connectivity index (χ2v) is 6.13. The number of carbonyl (C=O) groups is 2. The fourth-order valence-corrected chi connectivity index (χ4v) is 2.93. The quantitative estimate of drug-likeness (QED) is 0.300. The van der Waals surface area contributed by atoms with Gasteiger partial charge < -0.3 is 19.7 Å². The van der Waals surface area contributed by atoms with Crippen molar-refractivity contribution in [2.24, 2.45) is 5.11 Å². The summed E-state index contributed by atoms with van der Waals surface area (Å²) in [6.45, 7) is -0.0978. The lowest BCUT2D eigenvalue weighted by atomic mass is 10.1. The lowest BCUT2D eigenvalue weighted by Gasteiger charge is -2.20. The van der Waals surface area contributed by atoms with Gasteiger partial charge in [0.1, 0.15) is 23.8 Å². The van der Waals surface area contributed by atoms with Gasteiger partial charge in [-0.25, -0.2) is 14.6 Å². The molecule has 0 aliphatic rings. The second kappa shape index (κ2) is 9.64. The van der Waals surface area contributed by atoms with E-state index in [2.05, 4.69) is 19.7 Å². The van der Waals surface area contributed by atoms with E-state index >= 15 is 0 Å². The van der Waals surface area contributed by atoms with Crippen molar-refractivity contribution < 1.29 is 29.3 Å². The van der Waals surface area contributed by atoms with Crippen molar-refractivity contribution in [1.29, 1.82) is 0 Å². The van der Waals surface area contributed by atoms with Crippen LogP contribution >= 0.6 is 11.3 Å². The van der Waals surface area contributed by atoms with E-state index in [4.69, 9.17) is 10.3 Å². The molecule has 0 spiro atoms. The summed E-state index contributed by atoms with van der Waals surface area (Å²) in [5.74, 6) is -1.80. The van der Waals surface area contributed by atoms with E-state index < -0.39 is 30.2 Å². The molecule has 11 heteroatoms. The third-order valence-electron chi connectivity index (χ3n) is 3.46. The topological polar surface area (TPSA) is 155 Å². The Bertz CT molecular complexity index is 836. The average Bonchev–Trinajstić information content (AvgIpc) is 3.19. The summed E-state index contributed by atoms with van der Waals surface area (Å²) in [4.78, 5) is 30.0. The monoisotopic (exact) mass is 392 g/mol. The van der Waals surface area contributed by atoms with Gasteiger partial charge in [0.25, 0.3) is 0 Å². The SMILES string of the molecule is COC(=O)c1csc([C@@H](N=[N+]=[N-])[C@H](O)[C@H](O)C(=O)OCc2ccccc2)n1. The summed E-state index contributed by atoms with van der Waals surface area (Å²) >= 11 is 0.909. The largest absolute Gasteiger partial charge is 0.464 e. The fourth-order valence-electron chi connectivity index (χ4n) is 2.07. The molecule has 10 nitrogen and oxygen atoms in total. The summed E-state index contributed by atoms with van der Waals surface area (Å²) < 4.78 is 9.49. The van der Waals surface area contributed by atoms with Gasteiger partial charge in [0.15, 0.2) is 11.8 Å². The Morgan fingerprint density at radius 2 is 2.04 bits per heavy atom. The predicted octanol–water partition coefficient (Wildman–Crippen LogP) is 1.75. The predicted molar refractivity (Wildman–Crippen MR) is 93.6 cm³/mol. The highest BCUT2D eigenvalue weighted by Gasteiger charge is 2.35. The average molecular weight is 392 g/mol. The van der Waals surface area contributed by atoms with Gasteiger partial charge in [0, 0.05) is 10.3 Å². The lowest BCUT2D eigenvalue weighted by Crippen LogP contribution is -2.38. The maximum absolute atomic E-state index is 12.0. The summed E-state index contributed by atoms with van der Waals surface area (Å²) in [5, 5.41) is 25.1. The van der Waals surface area contributed by atoms with E-state index in [1.807, 2.05) is 0 Å². The minimum atomic E-state index is -1.98. The summed E-state index contributed by atoms with van der Waals surface area (Å²) in [5.41, 5.74) is 9.36. The summed E-state index contributed by atoms with van der Waals surface area (Å²) in [6.07, 6.45) is -3.80. The van der Waals surface area contributed by atoms with Crippen LogP contribution in [-0.2, 0) is 20.9 Å². The van der Waals surface area contributed by atoms with E-state index in [1.165, 1.54) is 12.5 Å². The van der Waals surface area contributed by atoms with E-state index in [9.17, 15) is 19.8 Å². The van der Waals surface area contributed by atoms with Crippen LogP contribution in [0.1, 0.15) is 27.1 Å². The molecule has 0 aliphatic heterocycles. The van der Waals surface area contributed by atoms with Gasteiger partial charge in [-0.15, -0.1) is 11.3 Å². The minimum Gasteiger partial charge on any atom is -0.464 e. The molecule has 1 aromatic heterocycles. The van der Waals surface area contributed by atoms with Gasteiger partial charge in [0.05, 0.1) is 7.11 Å². The van der Waals surface area contributed by atoms with Gasteiger partial charge in [-0.3, -0.25) is 0 Å². The van der Waals surface area contributed by atoms with Crippen molar-refractivity contribution in [3.05, 3.63) is 62.4 Å².